The van der Waals surface area contributed by atoms with Crippen LogP contribution in [0.1, 0.15) is 39.2 Å². The lowest BCUT2D eigenvalue weighted by atomic mass is 10.2. The molecule has 0 aromatic heterocycles. The Labute approximate surface area is 116 Å². The summed E-state index contributed by atoms with van der Waals surface area (Å²) in [6.45, 7) is 6.88. The summed E-state index contributed by atoms with van der Waals surface area (Å²) in [4.78, 5) is 0. The standard InChI is InChI=1S/C14H24N2O2S/c1-4-5-9-19(17,18)16-14-8-6-7-13(10-14)11-15-12(2)3/h6-8,10,12,15-16H,4-5,9,11H2,1-3H3. The van der Waals surface area contributed by atoms with E-state index in [1.54, 1.807) is 6.07 Å². The molecule has 0 spiro atoms. The fourth-order valence-electron chi connectivity index (χ4n) is 1.63. The first-order valence-corrected chi connectivity index (χ1v) is 8.41. The van der Waals surface area contributed by atoms with E-state index < -0.39 is 10.0 Å². The van der Waals surface area contributed by atoms with Gasteiger partial charge >= 0.3 is 0 Å². The van der Waals surface area contributed by atoms with E-state index in [1.807, 2.05) is 25.1 Å². The molecular formula is C14H24N2O2S. The first-order chi connectivity index (χ1) is 8.93. The molecule has 0 aliphatic rings. The Balaban J connectivity index is 2.66. The molecule has 1 rings (SSSR count). The maximum Gasteiger partial charge on any atom is 0.232 e. The van der Waals surface area contributed by atoms with Crippen molar-refractivity contribution in [1.82, 2.24) is 5.32 Å². The summed E-state index contributed by atoms with van der Waals surface area (Å²) in [5, 5.41) is 3.31. The molecule has 0 unspecified atom stereocenters. The van der Waals surface area contributed by atoms with Gasteiger partial charge in [0.25, 0.3) is 0 Å². The van der Waals surface area contributed by atoms with Gasteiger partial charge in [-0.2, -0.15) is 0 Å². The van der Waals surface area contributed by atoms with E-state index in [2.05, 4.69) is 23.9 Å². The molecule has 2 N–H and O–H groups in total. The number of rotatable bonds is 8. The Hall–Kier alpha value is -1.07. The molecule has 5 heteroatoms. The number of unbranched alkanes of at least 4 members (excludes halogenated alkanes) is 1. The van der Waals surface area contributed by atoms with Crippen LogP contribution in [0.3, 0.4) is 0 Å². The summed E-state index contributed by atoms with van der Waals surface area (Å²) >= 11 is 0. The largest absolute Gasteiger partial charge is 0.310 e. The highest BCUT2D eigenvalue weighted by Crippen LogP contribution is 2.13. The second-order valence-electron chi connectivity index (χ2n) is 5.01. The summed E-state index contributed by atoms with van der Waals surface area (Å²) < 4.78 is 26.2. The molecule has 0 heterocycles. The lowest BCUT2D eigenvalue weighted by molar-refractivity contribution is 0.588. The molecular weight excluding hydrogens is 260 g/mol. The maximum atomic E-state index is 11.8. The first kappa shape index (κ1) is 16.0. The Morgan fingerprint density at radius 2 is 2.00 bits per heavy atom. The fraction of sp³-hybridized carbons (Fsp3) is 0.571. The Bertz CT molecular complexity index is 484. The van der Waals surface area contributed by atoms with Crippen molar-refractivity contribution in [2.45, 2.75) is 46.2 Å². The second kappa shape index (κ2) is 7.50. The van der Waals surface area contributed by atoms with E-state index >= 15 is 0 Å². The zero-order valence-electron chi connectivity index (χ0n) is 11.9. The first-order valence-electron chi connectivity index (χ1n) is 6.76. The smallest absolute Gasteiger partial charge is 0.232 e. The van der Waals surface area contributed by atoms with E-state index in [0.717, 1.165) is 18.5 Å². The van der Waals surface area contributed by atoms with Crippen molar-refractivity contribution in [1.29, 1.82) is 0 Å². The third-order valence-corrected chi connectivity index (χ3v) is 4.05. The van der Waals surface area contributed by atoms with Crippen LogP contribution in [0.2, 0.25) is 0 Å². The van der Waals surface area contributed by atoms with Crippen molar-refractivity contribution in [3.8, 4) is 0 Å². The van der Waals surface area contributed by atoms with Gasteiger partial charge < -0.3 is 5.32 Å². The molecule has 0 saturated carbocycles. The van der Waals surface area contributed by atoms with Gasteiger partial charge in [0.05, 0.1) is 5.75 Å². The summed E-state index contributed by atoms with van der Waals surface area (Å²) in [6, 6.07) is 7.92. The number of hydrogen-bond donors (Lipinski definition) is 2. The van der Waals surface area contributed by atoms with Gasteiger partial charge in [-0.1, -0.05) is 39.3 Å². The summed E-state index contributed by atoms with van der Waals surface area (Å²) in [7, 11) is -3.22. The number of nitrogens with one attached hydrogen (secondary N) is 2. The predicted molar refractivity (Wildman–Crippen MR) is 80.7 cm³/mol. The molecule has 0 saturated heterocycles. The fourth-order valence-corrected chi connectivity index (χ4v) is 2.89. The van der Waals surface area contributed by atoms with Crippen LogP contribution < -0.4 is 10.0 Å². The zero-order chi connectivity index (χ0) is 14.3. The SMILES string of the molecule is CCCCS(=O)(=O)Nc1cccc(CNC(C)C)c1. The van der Waals surface area contributed by atoms with Gasteiger partial charge in [-0.15, -0.1) is 0 Å². The van der Waals surface area contributed by atoms with Gasteiger partial charge in [0.15, 0.2) is 0 Å². The molecule has 0 aliphatic carbocycles. The van der Waals surface area contributed by atoms with Crippen LogP contribution in [0.5, 0.6) is 0 Å². The minimum Gasteiger partial charge on any atom is -0.310 e. The third kappa shape index (κ3) is 6.59. The number of anilines is 1. The molecule has 108 valence electrons. The van der Waals surface area contributed by atoms with Crippen molar-refractivity contribution >= 4 is 15.7 Å². The van der Waals surface area contributed by atoms with Crippen molar-refractivity contribution in [2.75, 3.05) is 10.5 Å². The normalized spacial score (nSPS) is 11.8. The van der Waals surface area contributed by atoms with Gasteiger partial charge in [-0.25, -0.2) is 8.42 Å². The van der Waals surface area contributed by atoms with Gasteiger partial charge in [-0.3, -0.25) is 4.72 Å². The predicted octanol–water partition coefficient (Wildman–Crippen LogP) is 2.73. The van der Waals surface area contributed by atoms with E-state index in [1.165, 1.54) is 0 Å². The number of benzene rings is 1. The van der Waals surface area contributed by atoms with E-state index in [0.29, 0.717) is 18.2 Å². The third-order valence-electron chi connectivity index (χ3n) is 2.68. The van der Waals surface area contributed by atoms with Crippen LogP contribution in [0.4, 0.5) is 5.69 Å². The highest BCUT2D eigenvalue weighted by molar-refractivity contribution is 7.92. The zero-order valence-corrected chi connectivity index (χ0v) is 12.8. The monoisotopic (exact) mass is 284 g/mol. The van der Waals surface area contributed by atoms with E-state index in [-0.39, 0.29) is 5.75 Å². The van der Waals surface area contributed by atoms with Crippen LogP contribution >= 0.6 is 0 Å². The average molecular weight is 284 g/mol. The second-order valence-corrected chi connectivity index (χ2v) is 6.85. The summed E-state index contributed by atoms with van der Waals surface area (Å²) in [5.74, 6) is 0.179. The van der Waals surface area contributed by atoms with Crippen molar-refractivity contribution in [3.05, 3.63) is 29.8 Å². The van der Waals surface area contributed by atoms with E-state index in [4.69, 9.17) is 0 Å². The molecule has 0 atom stereocenters. The Kier molecular flexibility index (Phi) is 6.31. The summed E-state index contributed by atoms with van der Waals surface area (Å²) in [6.07, 6.45) is 1.56. The molecule has 0 fully saturated rings. The van der Waals surface area contributed by atoms with Gasteiger partial charge in [-0.05, 0) is 24.1 Å². The van der Waals surface area contributed by atoms with Crippen LogP contribution in [0.25, 0.3) is 0 Å². The maximum absolute atomic E-state index is 11.8. The number of sulfonamides is 1. The molecule has 0 aliphatic heterocycles. The minimum absolute atomic E-state index is 0.179. The lowest BCUT2D eigenvalue weighted by Gasteiger charge is -2.11. The van der Waals surface area contributed by atoms with Crippen LogP contribution in [-0.2, 0) is 16.6 Å². The molecule has 1 aromatic rings. The van der Waals surface area contributed by atoms with Crippen molar-refractivity contribution in [2.24, 2.45) is 0 Å². The van der Waals surface area contributed by atoms with Crippen LogP contribution in [-0.4, -0.2) is 20.2 Å². The Morgan fingerprint density at radius 1 is 1.26 bits per heavy atom. The minimum atomic E-state index is -3.22. The van der Waals surface area contributed by atoms with Crippen molar-refractivity contribution in [3.63, 3.8) is 0 Å². The highest BCUT2D eigenvalue weighted by Gasteiger charge is 2.09. The molecule has 19 heavy (non-hydrogen) atoms. The van der Waals surface area contributed by atoms with Crippen LogP contribution in [0.15, 0.2) is 24.3 Å². The van der Waals surface area contributed by atoms with Crippen molar-refractivity contribution < 1.29 is 8.42 Å². The molecule has 0 bridgehead atoms. The topological polar surface area (TPSA) is 58.2 Å². The molecule has 0 radical (unpaired) electrons. The van der Waals surface area contributed by atoms with E-state index in [9.17, 15) is 8.42 Å². The van der Waals surface area contributed by atoms with Gasteiger partial charge in [0, 0.05) is 18.3 Å². The lowest BCUT2D eigenvalue weighted by Crippen LogP contribution is -2.22. The average Bonchev–Trinajstić information content (AvgIpc) is 2.34. The quantitative estimate of drug-likeness (QED) is 0.771. The van der Waals surface area contributed by atoms with Gasteiger partial charge in [0.2, 0.25) is 10.0 Å². The molecule has 4 nitrogen and oxygen atoms in total. The summed E-state index contributed by atoms with van der Waals surface area (Å²) in [5.41, 5.74) is 1.71. The molecule has 1 aromatic carbocycles. The highest BCUT2D eigenvalue weighted by atomic mass is 32.2. The molecule has 0 amide bonds. The van der Waals surface area contributed by atoms with Crippen LogP contribution in [0, 0.1) is 0 Å². The van der Waals surface area contributed by atoms with Gasteiger partial charge in [0.1, 0.15) is 0 Å². The Morgan fingerprint density at radius 3 is 2.63 bits per heavy atom. The number of hydrogen-bond acceptors (Lipinski definition) is 3.